The average molecular weight is 151 g/mol. The summed E-state index contributed by atoms with van der Waals surface area (Å²) in [6.45, 7) is 4.49. The Kier molecular flexibility index (Phi) is 2.54. The van der Waals surface area contributed by atoms with E-state index in [0.29, 0.717) is 6.54 Å². The summed E-state index contributed by atoms with van der Waals surface area (Å²) in [5.74, 6) is 0.880. The standard InChI is InChI=1S/C8H13N3/c1-3-8-10-6(2)4-7(5-9)11-8/h4H,3,5,9H2,1-2H3. The first-order chi connectivity index (χ1) is 5.26. The molecule has 0 amide bonds. The predicted octanol–water partition coefficient (Wildman–Crippen LogP) is 0.806. The molecule has 0 spiro atoms. The van der Waals surface area contributed by atoms with Crippen LogP contribution in [0.15, 0.2) is 6.07 Å². The van der Waals surface area contributed by atoms with E-state index in [4.69, 9.17) is 5.73 Å². The summed E-state index contributed by atoms with van der Waals surface area (Å²) < 4.78 is 0. The summed E-state index contributed by atoms with van der Waals surface area (Å²) in [7, 11) is 0. The van der Waals surface area contributed by atoms with Gasteiger partial charge >= 0.3 is 0 Å². The molecule has 0 aliphatic rings. The summed E-state index contributed by atoms with van der Waals surface area (Å²) in [6.07, 6.45) is 0.870. The second-order valence-corrected chi connectivity index (χ2v) is 2.47. The van der Waals surface area contributed by atoms with E-state index in [2.05, 4.69) is 9.97 Å². The minimum atomic E-state index is 0.496. The molecule has 1 rings (SSSR count). The third-order valence-electron chi connectivity index (χ3n) is 1.48. The number of aryl methyl sites for hydroxylation is 2. The van der Waals surface area contributed by atoms with E-state index in [1.807, 2.05) is 19.9 Å². The average Bonchev–Trinajstić information content (AvgIpc) is 2.03. The third-order valence-corrected chi connectivity index (χ3v) is 1.48. The molecule has 0 radical (unpaired) electrons. The van der Waals surface area contributed by atoms with Crippen molar-refractivity contribution in [1.29, 1.82) is 0 Å². The van der Waals surface area contributed by atoms with Gasteiger partial charge in [0.2, 0.25) is 0 Å². The Balaban J connectivity index is 3.02. The molecule has 3 nitrogen and oxygen atoms in total. The maximum atomic E-state index is 5.45. The van der Waals surface area contributed by atoms with Gasteiger partial charge in [-0.1, -0.05) is 6.92 Å². The van der Waals surface area contributed by atoms with Crippen LogP contribution in [0.2, 0.25) is 0 Å². The van der Waals surface area contributed by atoms with E-state index in [1.54, 1.807) is 0 Å². The van der Waals surface area contributed by atoms with Gasteiger partial charge in [-0.3, -0.25) is 0 Å². The first kappa shape index (κ1) is 8.14. The smallest absolute Gasteiger partial charge is 0.128 e. The minimum absolute atomic E-state index is 0.496. The summed E-state index contributed by atoms with van der Waals surface area (Å²) in [4.78, 5) is 8.47. The van der Waals surface area contributed by atoms with Crippen molar-refractivity contribution in [3.63, 3.8) is 0 Å². The molecule has 0 aromatic carbocycles. The fourth-order valence-electron chi connectivity index (χ4n) is 0.963. The second-order valence-electron chi connectivity index (χ2n) is 2.47. The van der Waals surface area contributed by atoms with Gasteiger partial charge in [-0.15, -0.1) is 0 Å². The molecule has 0 saturated carbocycles. The molecule has 0 unspecified atom stereocenters. The lowest BCUT2D eigenvalue weighted by Crippen LogP contribution is -2.04. The van der Waals surface area contributed by atoms with E-state index in [1.165, 1.54) is 0 Å². The maximum absolute atomic E-state index is 5.45. The summed E-state index contributed by atoms with van der Waals surface area (Å²) >= 11 is 0. The first-order valence-corrected chi connectivity index (χ1v) is 3.79. The van der Waals surface area contributed by atoms with Gasteiger partial charge in [0, 0.05) is 18.7 Å². The highest BCUT2D eigenvalue weighted by Crippen LogP contribution is 1.99. The van der Waals surface area contributed by atoms with Gasteiger partial charge in [-0.25, -0.2) is 9.97 Å². The first-order valence-electron chi connectivity index (χ1n) is 3.79. The number of hydrogen-bond acceptors (Lipinski definition) is 3. The number of hydrogen-bond donors (Lipinski definition) is 1. The van der Waals surface area contributed by atoms with Crippen LogP contribution in [0, 0.1) is 6.92 Å². The van der Waals surface area contributed by atoms with Gasteiger partial charge in [0.1, 0.15) is 5.82 Å². The predicted molar refractivity (Wildman–Crippen MR) is 44.0 cm³/mol. The number of aromatic nitrogens is 2. The van der Waals surface area contributed by atoms with Crippen LogP contribution in [-0.4, -0.2) is 9.97 Å². The summed E-state index contributed by atoms with van der Waals surface area (Å²) in [5.41, 5.74) is 7.37. The number of nitrogens with two attached hydrogens (primary N) is 1. The molecule has 0 saturated heterocycles. The molecule has 60 valence electrons. The van der Waals surface area contributed by atoms with Gasteiger partial charge < -0.3 is 5.73 Å². The Morgan fingerprint density at radius 3 is 2.73 bits per heavy atom. The van der Waals surface area contributed by atoms with Gasteiger partial charge in [0.25, 0.3) is 0 Å². The molecule has 3 heteroatoms. The lowest BCUT2D eigenvalue weighted by atomic mass is 10.3. The molecule has 0 aliphatic carbocycles. The van der Waals surface area contributed by atoms with Crippen LogP contribution in [-0.2, 0) is 13.0 Å². The molecule has 11 heavy (non-hydrogen) atoms. The van der Waals surface area contributed by atoms with Crippen LogP contribution in [0.3, 0.4) is 0 Å². The maximum Gasteiger partial charge on any atom is 0.128 e. The second kappa shape index (κ2) is 3.44. The van der Waals surface area contributed by atoms with Crippen molar-refractivity contribution in [1.82, 2.24) is 9.97 Å². The quantitative estimate of drug-likeness (QED) is 0.680. The van der Waals surface area contributed by atoms with E-state index in [-0.39, 0.29) is 0 Å². The van der Waals surface area contributed by atoms with Crippen LogP contribution < -0.4 is 5.73 Å². The zero-order valence-corrected chi connectivity index (χ0v) is 6.96. The highest BCUT2D eigenvalue weighted by atomic mass is 14.9. The van der Waals surface area contributed by atoms with E-state index >= 15 is 0 Å². The monoisotopic (exact) mass is 151 g/mol. The van der Waals surface area contributed by atoms with Gasteiger partial charge in [-0.05, 0) is 13.0 Å². The Bertz CT molecular complexity index is 223. The molecular weight excluding hydrogens is 138 g/mol. The fraction of sp³-hybridized carbons (Fsp3) is 0.500. The summed E-state index contributed by atoms with van der Waals surface area (Å²) in [5, 5.41) is 0. The van der Waals surface area contributed by atoms with Crippen LogP contribution in [0.4, 0.5) is 0 Å². The Morgan fingerprint density at radius 1 is 1.45 bits per heavy atom. The number of nitrogens with zero attached hydrogens (tertiary/aromatic N) is 2. The SMILES string of the molecule is CCc1nc(C)cc(CN)n1. The molecule has 0 atom stereocenters. The molecule has 0 aliphatic heterocycles. The van der Waals surface area contributed by atoms with E-state index in [0.717, 1.165) is 23.6 Å². The summed E-state index contributed by atoms with van der Waals surface area (Å²) in [6, 6.07) is 1.92. The van der Waals surface area contributed by atoms with Gasteiger partial charge in [-0.2, -0.15) is 0 Å². The Hall–Kier alpha value is -0.960. The van der Waals surface area contributed by atoms with Crippen LogP contribution in [0.1, 0.15) is 24.1 Å². The van der Waals surface area contributed by atoms with Crippen LogP contribution >= 0.6 is 0 Å². The van der Waals surface area contributed by atoms with Crippen molar-refractivity contribution in [3.8, 4) is 0 Å². The fourth-order valence-corrected chi connectivity index (χ4v) is 0.963. The van der Waals surface area contributed by atoms with Crippen molar-refractivity contribution in [2.24, 2.45) is 5.73 Å². The molecule has 0 fully saturated rings. The Morgan fingerprint density at radius 2 is 2.18 bits per heavy atom. The molecule has 1 aromatic heterocycles. The van der Waals surface area contributed by atoms with Gasteiger partial charge in [0.05, 0.1) is 5.69 Å². The largest absolute Gasteiger partial charge is 0.325 e. The van der Waals surface area contributed by atoms with Crippen molar-refractivity contribution in [2.75, 3.05) is 0 Å². The molecule has 1 heterocycles. The minimum Gasteiger partial charge on any atom is -0.325 e. The zero-order chi connectivity index (χ0) is 8.27. The number of rotatable bonds is 2. The zero-order valence-electron chi connectivity index (χ0n) is 6.96. The third kappa shape index (κ3) is 1.98. The van der Waals surface area contributed by atoms with Crippen molar-refractivity contribution in [2.45, 2.75) is 26.8 Å². The highest BCUT2D eigenvalue weighted by molar-refractivity contribution is 5.09. The van der Waals surface area contributed by atoms with Crippen molar-refractivity contribution in [3.05, 3.63) is 23.3 Å². The van der Waals surface area contributed by atoms with Crippen LogP contribution in [0.25, 0.3) is 0 Å². The van der Waals surface area contributed by atoms with E-state index in [9.17, 15) is 0 Å². The molecular formula is C8H13N3. The Labute approximate surface area is 66.7 Å². The normalized spacial score (nSPS) is 10.1. The highest BCUT2D eigenvalue weighted by Gasteiger charge is 1.97. The lowest BCUT2D eigenvalue weighted by molar-refractivity contribution is 0.859. The molecule has 0 bridgehead atoms. The molecule has 1 aromatic rings. The van der Waals surface area contributed by atoms with E-state index < -0.39 is 0 Å². The van der Waals surface area contributed by atoms with Crippen molar-refractivity contribution >= 4 is 0 Å². The van der Waals surface area contributed by atoms with Crippen molar-refractivity contribution < 1.29 is 0 Å². The topological polar surface area (TPSA) is 51.8 Å². The van der Waals surface area contributed by atoms with Crippen LogP contribution in [0.5, 0.6) is 0 Å². The van der Waals surface area contributed by atoms with Gasteiger partial charge in [0.15, 0.2) is 0 Å². The molecule has 2 N–H and O–H groups in total. The lowest BCUT2D eigenvalue weighted by Gasteiger charge is -2.00.